The summed E-state index contributed by atoms with van der Waals surface area (Å²) in [7, 11) is 0. The van der Waals surface area contributed by atoms with Crippen molar-refractivity contribution in [3.8, 4) is 0 Å². The van der Waals surface area contributed by atoms with Crippen LogP contribution in [0.3, 0.4) is 0 Å². The van der Waals surface area contributed by atoms with E-state index in [-0.39, 0.29) is 5.56 Å². The van der Waals surface area contributed by atoms with Gasteiger partial charge in [-0.2, -0.15) is 13.2 Å². The molecule has 0 unspecified atom stereocenters. The highest BCUT2D eigenvalue weighted by Crippen LogP contribution is 2.32. The Morgan fingerprint density at radius 3 is 2.40 bits per heavy atom. The van der Waals surface area contributed by atoms with Crippen molar-refractivity contribution in [3.63, 3.8) is 0 Å². The van der Waals surface area contributed by atoms with Gasteiger partial charge in [-0.3, -0.25) is 14.8 Å². The second kappa shape index (κ2) is 5.03. The lowest BCUT2D eigenvalue weighted by atomic mass is 9.99. The number of carbonyl (C=O) groups excluding carboxylic acids is 1. The molecule has 2 aromatic rings. The maximum Gasteiger partial charge on any atom is 0.417 e. The van der Waals surface area contributed by atoms with Crippen molar-refractivity contribution >= 4 is 5.78 Å². The Balaban J connectivity index is 2.55. The van der Waals surface area contributed by atoms with Crippen molar-refractivity contribution in [2.45, 2.75) is 20.0 Å². The van der Waals surface area contributed by atoms with Crippen LogP contribution in [-0.4, -0.2) is 15.8 Å². The van der Waals surface area contributed by atoms with Crippen LogP contribution in [0, 0.1) is 13.8 Å². The number of carbonyl (C=O) groups is 1. The van der Waals surface area contributed by atoms with Crippen molar-refractivity contribution in [1.82, 2.24) is 9.97 Å². The highest BCUT2D eigenvalue weighted by Gasteiger charge is 2.35. The number of rotatable bonds is 2. The van der Waals surface area contributed by atoms with Crippen molar-refractivity contribution in [2.24, 2.45) is 0 Å². The molecule has 0 fully saturated rings. The first-order chi connectivity index (χ1) is 9.30. The molecule has 0 aliphatic carbocycles. The van der Waals surface area contributed by atoms with Crippen molar-refractivity contribution < 1.29 is 18.0 Å². The number of ketones is 1. The summed E-state index contributed by atoms with van der Waals surface area (Å²) in [6.45, 7) is 3.33. The fraction of sp³-hybridized carbons (Fsp3) is 0.214. The molecule has 0 aromatic carbocycles. The van der Waals surface area contributed by atoms with E-state index in [2.05, 4.69) is 9.97 Å². The molecular weight excluding hydrogens is 269 g/mol. The molecule has 3 nitrogen and oxygen atoms in total. The topological polar surface area (TPSA) is 42.9 Å². The van der Waals surface area contributed by atoms with Crippen LogP contribution >= 0.6 is 0 Å². The summed E-state index contributed by atoms with van der Waals surface area (Å²) in [5.74, 6) is -0.726. The Labute approximate surface area is 113 Å². The summed E-state index contributed by atoms with van der Waals surface area (Å²) >= 11 is 0. The van der Waals surface area contributed by atoms with Crippen molar-refractivity contribution in [1.29, 1.82) is 0 Å². The Bertz CT molecular complexity index is 666. The standard InChI is InChI=1S/C14H11F3N2O/c1-8-3-4-10(9(2)19-8)13(20)11-7-18-6-5-12(11)14(15,16)17/h3-7H,1-2H3. The second-order valence-electron chi connectivity index (χ2n) is 4.33. The van der Waals surface area contributed by atoms with Gasteiger partial charge in [-0.05, 0) is 32.0 Å². The van der Waals surface area contributed by atoms with Gasteiger partial charge in [-0.1, -0.05) is 0 Å². The van der Waals surface area contributed by atoms with E-state index in [1.54, 1.807) is 19.9 Å². The van der Waals surface area contributed by atoms with Gasteiger partial charge in [0.15, 0.2) is 5.78 Å². The Morgan fingerprint density at radius 1 is 1.10 bits per heavy atom. The number of aryl methyl sites for hydroxylation is 2. The normalized spacial score (nSPS) is 11.4. The summed E-state index contributed by atoms with van der Waals surface area (Å²) in [4.78, 5) is 20.0. The van der Waals surface area contributed by atoms with E-state index in [4.69, 9.17) is 0 Å². The van der Waals surface area contributed by atoms with Gasteiger partial charge in [0.05, 0.1) is 11.1 Å². The molecule has 104 valence electrons. The van der Waals surface area contributed by atoms with Crippen LogP contribution in [0.25, 0.3) is 0 Å². The third kappa shape index (κ3) is 2.68. The molecule has 0 aliphatic rings. The molecule has 0 radical (unpaired) electrons. The minimum Gasteiger partial charge on any atom is -0.288 e. The zero-order valence-electron chi connectivity index (χ0n) is 10.8. The lowest BCUT2D eigenvalue weighted by Crippen LogP contribution is -2.15. The first-order valence-corrected chi connectivity index (χ1v) is 5.81. The summed E-state index contributed by atoms with van der Waals surface area (Å²) in [6.07, 6.45) is -2.65. The monoisotopic (exact) mass is 280 g/mol. The van der Waals surface area contributed by atoms with Gasteiger partial charge in [0.2, 0.25) is 0 Å². The molecular formula is C14H11F3N2O. The Hall–Kier alpha value is -2.24. The average molecular weight is 280 g/mol. The third-order valence-corrected chi connectivity index (χ3v) is 2.84. The van der Waals surface area contributed by atoms with Gasteiger partial charge in [0.1, 0.15) is 0 Å². The molecule has 0 bridgehead atoms. The van der Waals surface area contributed by atoms with Gasteiger partial charge in [0.25, 0.3) is 0 Å². The van der Waals surface area contributed by atoms with Gasteiger partial charge in [-0.15, -0.1) is 0 Å². The van der Waals surface area contributed by atoms with Gasteiger partial charge >= 0.3 is 6.18 Å². The van der Waals surface area contributed by atoms with E-state index in [1.807, 2.05) is 0 Å². The first-order valence-electron chi connectivity index (χ1n) is 5.81. The molecule has 0 saturated carbocycles. The van der Waals surface area contributed by atoms with Crippen LogP contribution in [-0.2, 0) is 6.18 Å². The second-order valence-corrected chi connectivity index (χ2v) is 4.33. The Kier molecular flexibility index (Phi) is 3.57. The zero-order chi connectivity index (χ0) is 14.9. The summed E-state index contributed by atoms with van der Waals surface area (Å²) in [5, 5.41) is 0. The minimum atomic E-state index is -4.60. The first kappa shape index (κ1) is 14.2. The number of halogens is 3. The molecule has 2 aromatic heterocycles. The largest absolute Gasteiger partial charge is 0.417 e. The number of pyridine rings is 2. The van der Waals surface area contributed by atoms with E-state index >= 15 is 0 Å². The quantitative estimate of drug-likeness (QED) is 0.792. The highest BCUT2D eigenvalue weighted by atomic mass is 19.4. The molecule has 6 heteroatoms. The van der Waals surface area contributed by atoms with Gasteiger partial charge < -0.3 is 0 Å². The van der Waals surface area contributed by atoms with Crippen molar-refractivity contribution in [3.05, 3.63) is 58.7 Å². The van der Waals surface area contributed by atoms with Crippen LogP contribution in [0.2, 0.25) is 0 Å². The number of alkyl halides is 3. The lowest BCUT2D eigenvalue weighted by Gasteiger charge is -2.12. The van der Waals surface area contributed by atoms with Crippen molar-refractivity contribution in [2.75, 3.05) is 0 Å². The number of aromatic nitrogens is 2. The van der Waals surface area contributed by atoms with E-state index in [9.17, 15) is 18.0 Å². The highest BCUT2D eigenvalue weighted by molar-refractivity contribution is 6.10. The smallest absolute Gasteiger partial charge is 0.288 e. The predicted molar refractivity (Wildman–Crippen MR) is 66.4 cm³/mol. The van der Waals surface area contributed by atoms with Gasteiger partial charge in [0, 0.05) is 29.3 Å². The predicted octanol–water partition coefficient (Wildman–Crippen LogP) is 3.34. The fourth-order valence-electron chi connectivity index (χ4n) is 1.89. The summed E-state index contributed by atoms with van der Waals surface area (Å²) in [5.41, 5.74) is -0.214. The lowest BCUT2D eigenvalue weighted by molar-refractivity contribution is -0.137. The van der Waals surface area contributed by atoms with E-state index in [1.165, 1.54) is 6.07 Å². The fourth-order valence-corrected chi connectivity index (χ4v) is 1.89. The maximum absolute atomic E-state index is 12.9. The maximum atomic E-state index is 12.9. The number of hydrogen-bond donors (Lipinski definition) is 0. The summed E-state index contributed by atoms with van der Waals surface area (Å²) in [6, 6.07) is 3.86. The van der Waals surface area contributed by atoms with E-state index in [0.717, 1.165) is 18.5 Å². The van der Waals surface area contributed by atoms with Crippen LogP contribution in [0.4, 0.5) is 13.2 Å². The van der Waals surface area contributed by atoms with Crippen LogP contribution in [0.1, 0.15) is 32.9 Å². The van der Waals surface area contributed by atoms with E-state index < -0.39 is 23.1 Å². The third-order valence-electron chi connectivity index (χ3n) is 2.84. The van der Waals surface area contributed by atoms with Crippen LogP contribution in [0.5, 0.6) is 0 Å². The van der Waals surface area contributed by atoms with Gasteiger partial charge in [-0.25, -0.2) is 0 Å². The minimum absolute atomic E-state index is 0.147. The molecule has 0 amide bonds. The van der Waals surface area contributed by atoms with Crippen LogP contribution in [0.15, 0.2) is 30.6 Å². The molecule has 0 saturated heterocycles. The molecule has 20 heavy (non-hydrogen) atoms. The number of hydrogen-bond acceptors (Lipinski definition) is 3. The molecule has 0 N–H and O–H groups in total. The Morgan fingerprint density at radius 2 is 1.80 bits per heavy atom. The SMILES string of the molecule is Cc1ccc(C(=O)c2cnccc2C(F)(F)F)c(C)n1. The van der Waals surface area contributed by atoms with Crippen LogP contribution < -0.4 is 0 Å². The van der Waals surface area contributed by atoms with E-state index in [0.29, 0.717) is 11.4 Å². The average Bonchev–Trinajstić information content (AvgIpc) is 2.37. The number of nitrogens with zero attached hydrogens (tertiary/aromatic N) is 2. The molecule has 2 rings (SSSR count). The molecule has 0 aliphatic heterocycles. The zero-order valence-corrected chi connectivity index (χ0v) is 10.8. The summed E-state index contributed by atoms with van der Waals surface area (Å²) < 4.78 is 38.7. The molecule has 2 heterocycles. The molecule has 0 spiro atoms. The molecule has 0 atom stereocenters.